The second-order valence-electron chi connectivity index (χ2n) is 9.01. The summed E-state index contributed by atoms with van der Waals surface area (Å²) in [6, 6.07) is 12.3. The van der Waals surface area contributed by atoms with Crippen molar-refractivity contribution in [3.8, 4) is 0 Å². The molecule has 8 nitrogen and oxygen atoms in total. The monoisotopic (exact) mass is 550 g/mol. The fourth-order valence-corrected chi connectivity index (χ4v) is 6.73. The first-order valence-electron chi connectivity index (χ1n) is 11.7. The van der Waals surface area contributed by atoms with Crippen molar-refractivity contribution in [2.45, 2.75) is 37.2 Å². The van der Waals surface area contributed by atoms with E-state index in [1.165, 1.54) is 16.9 Å². The Hall–Kier alpha value is -2.95. The fraction of sp³-hybridized carbons (Fsp3) is 0.320. The summed E-state index contributed by atoms with van der Waals surface area (Å²) >= 11 is 7.43. The minimum atomic E-state index is -3.69. The zero-order chi connectivity index (χ0) is 25.4. The van der Waals surface area contributed by atoms with Crippen LogP contribution in [0.15, 0.2) is 58.9 Å². The number of amides is 1. The van der Waals surface area contributed by atoms with Crippen molar-refractivity contribution in [2.75, 3.05) is 29.3 Å². The molecule has 0 bridgehead atoms. The highest BCUT2D eigenvalue weighted by Crippen LogP contribution is 2.30. The van der Waals surface area contributed by atoms with Crippen LogP contribution in [-0.4, -0.2) is 66.7 Å². The minimum absolute atomic E-state index is 0. The zero-order valence-corrected chi connectivity index (χ0v) is 22.4. The molecule has 2 aliphatic rings. The highest BCUT2D eigenvalue weighted by atomic mass is 35.5. The number of piperazine rings is 1. The molecule has 0 saturated carbocycles. The van der Waals surface area contributed by atoms with Gasteiger partial charge in [-0.3, -0.25) is 9.52 Å². The summed E-state index contributed by atoms with van der Waals surface area (Å²) in [5.74, 6) is 0.0842. The number of rotatable bonds is 6. The number of thiazole rings is 1. The average Bonchev–Trinajstić information content (AvgIpc) is 3.52. The number of aromatic nitrogens is 1. The molecule has 1 saturated heterocycles. The number of hydrogen-bond acceptors (Lipinski definition) is 6. The van der Waals surface area contributed by atoms with Crippen LogP contribution in [0.2, 0.25) is 5.02 Å². The Morgan fingerprint density at radius 2 is 2.03 bits per heavy atom. The van der Waals surface area contributed by atoms with E-state index in [9.17, 15) is 13.2 Å². The van der Waals surface area contributed by atoms with Crippen LogP contribution >= 0.6 is 22.9 Å². The van der Waals surface area contributed by atoms with Crippen LogP contribution < -0.4 is 9.62 Å². The summed E-state index contributed by atoms with van der Waals surface area (Å²) < 4.78 is 29.7. The predicted molar refractivity (Wildman–Crippen MR) is 150 cm³/mol. The first kappa shape index (κ1) is 24.7. The van der Waals surface area contributed by atoms with E-state index >= 15 is 0 Å². The van der Waals surface area contributed by atoms with Gasteiger partial charge >= 0.3 is 0 Å². The Bertz CT molecular complexity index is 1420. The molecule has 5 rings (SSSR count). The van der Waals surface area contributed by atoms with Gasteiger partial charge in [0.1, 0.15) is 0 Å². The fourth-order valence-electron chi connectivity index (χ4n) is 4.77. The summed E-state index contributed by atoms with van der Waals surface area (Å²) in [4.78, 5) is 21.7. The van der Waals surface area contributed by atoms with Crippen LogP contribution in [0.3, 0.4) is 0 Å². The first-order chi connectivity index (χ1) is 17.2. The molecule has 0 spiro atoms. The largest absolute Gasteiger partial charge is 0.368 e. The van der Waals surface area contributed by atoms with Crippen molar-refractivity contribution in [3.05, 3.63) is 64.6 Å². The summed E-state index contributed by atoms with van der Waals surface area (Å²) in [6.07, 6.45) is 4.40. The van der Waals surface area contributed by atoms with Gasteiger partial charge in [0.25, 0.3) is 15.9 Å². The normalized spacial score (nSPS) is 18.5. The summed E-state index contributed by atoms with van der Waals surface area (Å²) in [7, 11) is -3.69. The molecule has 2 aromatic carbocycles. The van der Waals surface area contributed by atoms with Gasteiger partial charge in [0.2, 0.25) is 11.7 Å². The van der Waals surface area contributed by atoms with Crippen molar-refractivity contribution in [1.82, 2.24) is 9.88 Å². The lowest BCUT2D eigenvalue weighted by atomic mass is 10.1. The third-order valence-electron chi connectivity index (χ3n) is 6.68. The van der Waals surface area contributed by atoms with E-state index in [-0.39, 0.29) is 27.2 Å². The number of nitrogens with one attached hydrogen (secondary N) is 1. The number of benzene rings is 2. The van der Waals surface area contributed by atoms with Gasteiger partial charge in [-0.15, -0.1) is 11.3 Å². The third-order valence-corrected chi connectivity index (χ3v) is 9.09. The van der Waals surface area contributed by atoms with Crippen LogP contribution in [0, 0.1) is 0 Å². The number of fused-ring (bicyclic) bond motifs is 1. The number of sulfonamides is 1. The van der Waals surface area contributed by atoms with Gasteiger partial charge in [0.05, 0.1) is 11.3 Å². The van der Waals surface area contributed by atoms with Gasteiger partial charge in [-0.1, -0.05) is 17.7 Å². The number of nitrogens with zero attached hydrogens (tertiary/aromatic N) is 4. The topological polar surface area (TPSA) is 85.6 Å². The average molecular weight is 551 g/mol. The summed E-state index contributed by atoms with van der Waals surface area (Å²) in [5, 5.41) is 2.71. The molecule has 194 valence electrons. The van der Waals surface area contributed by atoms with Gasteiger partial charge in [-0.25, -0.2) is 13.4 Å². The highest BCUT2D eigenvalue weighted by molar-refractivity contribution is 7.93. The number of carbonyl (C=O) groups excluding carboxylic acids is 1. The van der Waals surface area contributed by atoms with Crippen LogP contribution in [0.25, 0.3) is 0 Å². The highest BCUT2D eigenvalue weighted by Gasteiger charge is 2.38. The van der Waals surface area contributed by atoms with Crippen molar-refractivity contribution in [2.24, 2.45) is 0 Å². The Kier molecular flexibility index (Phi) is 6.76. The molecule has 2 aliphatic heterocycles. The van der Waals surface area contributed by atoms with Crippen LogP contribution in [0.1, 0.15) is 23.7 Å². The van der Waals surface area contributed by atoms with Gasteiger partial charge in [0, 0.05) is 70.8 Å². The maximum absolute atomic E-state index is 13.5. The molecule has 1 amide bonds. The number of hydrogen-bond donors (Lipinski definition) is 1. The van der Waals surface area contributed by atoms with Crippen molar-refractivity contribution in [1.29, 1.82) is 0 Å². The molecule has 2 atom stereocenters. The van der Waals surface area contributed by atoms with E-state index < -0.39 is 10.0 Å². The van der Waals surface area contributed by atoms with Gasteiger partial charge < -0.3 is 9.80 Å². The van der Waals surface area contributed by atoms with Gasteiger partial charge in [-0.2, -0.15) is 4.58 Å². The van der Waals surface area contributed by atoms with Gasteiger partial charge in [-0.05, 0) is 37.3 Å². The Morgan fingerprint density at radius 3 is 2.72 bits per heavy atom. The van der Waals surface area contributed by atoms with E-state index in [0.29, 0.717) is 29.8 Å². The smallest absolute Gasteiger partial charge is 0.291 e. The van der Waals surface area contributed by atoms with Crippen molar-refractivity contribution >= 4 is 61.6 Å². The molecule has 1 aromatic heterocycles. The molecule has 1 N–H and O–H groups in total. The second-order valence-corrected chi connectivity index (χ2v) is 12.0. The van der Waals surface area contributed by atoms with E-state index in [2.05, 4.69) is 20.8 Å². The minimum Gasteiger partial charge on any atom is -0.368 e. The van der Waals surface area contributed by atoms with Crippen molar-refractivity contribution < 1.29 is 22.1 Å². The number of anilines is 2. The SMILES string of the molecule is C[C@@H]1CN(c2ccc(S(=O)(=O)Nc3nccs3)cc2)CCN1C(=O)[C@@H](C)[N+]1=CCc2ccc(Cl)cc21.[HH].[HH].[HH]. The second kappa shape index (κ2) is 9.84. The Balaban J connectivity index is 0.00000178. The third kappa shape index (κ3) is 4.85. The molecule has 0 unspecified atom stereocenters. The predicted octanol–water partition coefficient (Wildman–Crippen LogP) is 4.73. The quantitative estimate of drug-likeness (QED) is 0.448. The maximum Gasteiger partial charge on any atom is 0.291 e. The maximum atomic E-state index is 13.5. The summed E-state index contributed by atoms with van der Waals surface area (Å²) in [5.41, 5.74) is 3.09. The van der Waals surface area contributed by atoms with Crippen LogP contribution in [-0.2, 0) is 21.2 Å². The van der Waals surface area contributed by atoms with E-state index in [1.807, 2.05) is 53.7 Å². The molecule has 0 aliphatic carbocycles. The zero-order valence-electron chi connectivity index (χ0n) is 20.0. The molecular weight excluding hydrogens is 518 g/mol. The molecule has 1 fully saturated rings. The molecule has 36 heavy (non-hydrogen) atoms. The Labute approximate surface area is 224 Å². The first-order valence-corrected chi connectivity index (χ1v) is 14.4. The van der Waals surface area contributed by atoms with Crippen LogP contribution in [0.5, 0.6) is 0 Å². The van der Waals surface area contributed by atoms with Crippen molar-refractivity contribution in [3.63, 3.8) is 0 Å². The lowest BCUT2D eigenvalue weighted by Crippen LogP contribution is -2.57. The molecule has 11 heteroatoms. The molecule has 3 heterocycles. The molecular formula is C25H33ClN5O3S2+. The van der Waals surface area contributed by atoms with E-state index in [1.54, 1.807) is 23.7 Å². The lowest BCUT2D eigenvalue weighted by molar-refractivity contribution is -0.460. The number of carbonyl (C=O) groups is 1. The van der Waals surface area contributed by atoms with E-state index in [4.69, 9.17) is 11.6 Å². The molecule has 3 aromatic rings. The number of halogens is 1. The Morgan fingerprint density at radius 1 is 1.25 bits per heavy atom. The van der Waals surface area contributed by atoms with Gasteiger partial charge in [0.15, 0.2) is 11.3 Å². The van der Waals surface area contributed by atoms with Crippen LogP contribution in [0.4, 0.5) is 16.5 Å². The standard InChI is InChI=1S/C25H27ClN5O3S2.3H2/c1-17-16-29(21-5-7-22(8-6-21)36(33,34)28-25-27-10-14-35-25)12-13-30(17)24(32)18(2)31-11-9-19-3-4-20(26)15-23(19)31;;;/h3-8,10-11,14-15,17-18H,9,12-13,16H2,1-2H3,(H,27,28);3*1H/q+1;;;/t17-,18-;;;/m1.../s1. The molecule has 0 radical (unpaired) electrons. The lowest BCUT2D eigenvalue weighted by Gasteiger charge is -2.41. The van der Waals surface area contributed by atoms with E-state index in [0.717, 1.165) is 17.8 Å². The summed E-state index contributed by atoms with van der Waals surface area (Å²) in [6.45, 7) is 5.90.